The number of hydrogen-bond donors (Lipinski definition) is 1. The van der Waals surface area contributed by atoms with Crippen LogP contribution in [0.2, 0.25) is 5.02 Å². The molecule has 1 aromatic rings. The fraction of sp³-hybridized carbons (Fsp3) is 0.429. The summed E-state index contributed by atoms with van der Waals surface area (Å²) in [5, 5.41) is 9.28. The Hall–Kier alpha value is -1.64. The molecule has 0 unspecified atom stereocenters. The molecule has 0 heterocycles. The van der Waals surface area contributed by atoms with Crippen LogP contribution in [0.25, 0.3) is 0 Å². The Morgan fingerprint density at radius 3 is 2.26 bits per heavy atom. The van der Waals surface area contributed by atoms with Gasteiger partial charge in [-0.2, -0.15) is 4.31 Å². The van der Waals surface area contributed by atoms with Crippen molar-refractivity contribution in [3.8, 4) is 0 Å². The lowest BCUT2D eigenvalue weighted by Crippen LogP contribution is -2.44. The lowest BCUT2D eigenvalue weighted by molar-refractivity contribution is -0.144. The topological polar surface area (TPSA) is 95.0 Å². The van der Waals surface area contributed by atoms with Gasteiger partial charge in [-0.05, 0) is 37.1 Å². The molecular weight excluding hydrogens is 344 g/mol. The third kappa shape index (κ3) is 4.43. The molecule has 126 valence electrons. The van der Waals surface area contributed by atoms with Gasteiger partial charge in [-0.25, -0.2) is 8.42 Å². The van der Waals surface area contributed by atoms with Gasteiger partial charge in [-0.3, -0.25) is 9.59 Å². The molecule has 0 radical (unpaired) electrons. The molecule has 1 aliphatic carbocycles. The van der Waals surface area contributed by atoms with E-state index in [1.54, 1.807) is 0 Å². The van der Waals surface area contributed by atoms with E-state index in [1.165, 1.54) is 36.2 Å². The number of aliphatic carboxylic acids is 1. The molecular formula is C14H17ClN2O5S. The second kappa shape index (κ2) is 6.86. The smallest absolute Gasteiger partial charge is 0.323 e. The number of carboxylic acids is 1. The number of carbonyl (C=O) groups excluding carboxylic acids is 1. The van der Waals surface area contributed by atoms with Gasteiger partial charge in [0.25, 0.3) is 0 Å². The van der Waals surface area contributed by atoms with Crippen LogP contribution in [0, 0.1) is 0 Å². The van der Waals surface area contributed by atoms with Gasteiger partial charge in [0.1, 0.15) is 6.54 Å². The van der Waals surface area contributed by atoms with Gasteiger partial charge in [0.15, 0.2) is 0 Å². The van der Waals surface area contributed by atoms with Crippen molar-refractivity contribution in [3.05, 3.63) is 29.3 Å². The second-order valence-electron chi connectivity index (χ2n) is 5.36. The van der Waals surface area contributed by atoms with Crippen molar-refractivity contribution in [1.29, 1.82) is 0 Å². The molecule has 2 rings (SSSR count). The third-order valence-corrected chi connectivity index (χ3v) is 5.56. The molecule has 1 aliphatic rings. The van der Waals surface area contributed by atoms with E-state index < -0.39 is 35.0 Å². The fourth-order valence-electron chi connectivity index (χ4n) is 2.11. The molecule has 0 saturated heterocycles. The van der Waals surface area contributed by atoms with Crippen LogP contribution in [0.5, 0.6) is 0 Å². The first-order chi connectivity index (χ1) is 10.7. The van der Waals surface area contributed by atoms with Crippen molar-refractivity contribution in [1.82, 2.24) is 9.21 Å². The van der Waals surface area contributed by atoms with E-state index in [2.05, 4.69) is 0 Å². The minimum Gasteiger partial charge on any atom is -0.480 e. The Morgan fingerprint density at radius 1 is 1.22 bits per heavy atom. The van der Waals surface area contributed by atoms with Gasteiger partial charge in [-0.15, -0.1) is 0 Å². The zero-order chi connectivity index (χ0) is 17.2. The summed E-state index contributed by atoms with van der Waals surface area (Å²) in [5.74, 6) is -1.64. The zero-order valence-corrected chi connectivity index (χ0v) is 14.0. The van der Waals surface area contributed by atoms with Crippen molar-refractivity contribution in [2.45, 2.75) is 23.8 Å². The number of rotatable bonds is 7. The molecule has 0 atom stereocenters. The van der Waals surface area contributed by atoms with Gasteiger partial charge in [0.05, 0.1) is 11.4 Å². The number of nitrogens with zero attached hydrogens (tertiary/aromatic N) is 2. The van der Waals surface area contributed by atoms with Crippen LogP contribution in [0.4, 0.5) is 0 Å². The van der Waals surface area contributed by atoms with Gasteiger partial charge >= 0.3 is 5.97 Å². The van der Waals surface area contributed by atoms with Crippen LogP contribution in [0.1, 0.15) is 12.8 Å². The fourth-order valence-corrected chi connectivity index (χ4v) is 3.35. The standard InChI is InChI=1S/C14H17ClN2O5S/c1-16(23(21,22)12-6-2-10(15)3-7-12)8-13(18)17(9-14(19)20)11-4-5-11/h2-3,6-7,11H,4-5,8-9H2,1H3,(H,19,20). The maximum absolute atomic E-state index is 12.4. The van der Waals surface area contributed by atoms with Crippen molar-refractivity contribution >= 4 is 33.5 Å². The van der Waals surface area contributed by atoms with E-state index in [4.69, 9.17) is 16.7 Å². The molecule has 7 nitrogen and oxygen atoms in total. The molecule has 23 heavy (non-hydrogen) atoms. The Bertz CT molecular complexity index is 700. The number of benzene rings is 1. The van der Waals surface area contributed by atoms with Crippen LogP contribution in [0.3, 0.4) is 0 Å². The highest BCUT2D eigenvalue weighted by Crippen LogP contribution is 2.27. The van der Waals surface area contributed by atoms with Gasteiger partial charge in [0.2, 0.25) is 15.9 Å². The van der Waals surface area contributed by atoms with E-state index in [-0.39, 0.29) is 10.9 Å². The quantitative estimate of drug-likeness (QED) is 0.783. The monoisotopic (exact) mass is 360 g/mol. The first kappa shape index (κ1) is 17.7. The summed E-state index contributed by atoms with van der Waals surface area (Å²) in [6, 6.07) is 5.50. The maximum atomic E-state index is 12.4. The normalized spacial score (nSPS) is 14.7. The van der Waals surface area contributed by atoms with Crippen LogP contribution >= 0.6 is 11.6 Å². The average molecular weight is 361 g/mol. The first-order valence-corrected chi connectivity index (χ1v) is 8.77. The highest BCUT2D eigenvalue weighted by Gasteiger charge is 2.35. The highest BCUT2D eigenvalue weighted by molar-refractivity contribution is 7.89. The lowest BCUT2D eigenvalue weighted by Gasteiger charge is -2.23. The number of likely N-dealkylation sites (N-methyl/N-ethyl adjacent to an activating group) is 1. The van der Waals surface area contributed by atoms with E-state index in [1.807, 2.05) is 0 Å². The molecule has 0 spiro atoms. The summed E-state index contributed by atoms with van der Waals surface area (Å²) in [6.45, 7) is -0.826. The van der Waals surface area contributed by atoms with Crippen LogP contribution in [-0.2, 0) is 19.6 Å². The Morgan fingerprint density at radius 2 is 1.78 bits per heavy atom. The molecule has 9 heteroatoms. The lowest BCUT2D eigenvalue weighted by atomic mass is 10.4. The molecule has 1 aromatic carbocycles. The number of sulfonamides is 1. The van der Waals surface area contributed by atoms with Crippen molar-refractivity contribution in [2.24, 2.45) is 0 Å². The van der Waals surface area contributed by atoms with E-state index in [9.17, 15) is 18.0 Å². The molecule has 0 aromatic heterocycles. The Labute approximate surface area is 139 Å². The predicted octanol–water partition coefficient (Wildman–Crippen LogP) is 1.04. The van der Waals surface area contributed by atoms with E-state index in [0.29, 0.717) is 5.02 Å². The van der Waals surface area contributed by atoms with Crippen molar-refractivity contribution in [3.63, 3.8) is 0 Å². The van der Waals surface area contributed by atoms with Gasteiger partial charge < -0.3 is 10.0 Å². The molecule has 1 saturated carbocycles. The highest BCUT2D eigenvalue weighted by atomic mass is 35.5. The van der Waals surface area contributed by atoms with Gasteiger partial charge in [0, 0.05) is 18.1 Å². The summed E-state index contributed by atoms with van der Waals surface area (Å²) >= 11 is 5.73. The maximum Gasteiger partial charge on any atom is 0.323 e. The van der Waals surface area contributed by atoms with Crippen LogP contribution in [0.15, 0.2) is 29.2 Å². The number of halogens is 1. The summed E-state index contributed by atoms with van der Waals surface area (Å²) < 4.78 is 25.7. The van der Waals surface area contributed by atoms with E-state index in [0.717, 1.165) is 17.1 Å². The number of carbonyl (C=O) groups is 2. The molecule has 1 N–H and O–H groups in total. The number of amides is 1. The summed E-state index contributed by atoms with van der Waals surface area (Å²) in [6.07, 6.45) is 1.49. The zero-order valence-electron chi connectivity index (χ0n) is 12.5. The Balaban J connectivity index is 2.10. The number of carboxylic acid groups (broad SMARTS) is 1. The van der Waals surface area contributed by atoms with E-state index >= 15 is 0 Å². The SMILES string of the molecule is CN(CC(=O)N(CC(=O)O)C1CC1)S(=O)(=O)c1ccc(Cl)cc1. The summed E-state index contributed by atoms with van der Waals surface area (Å²) in [4.78, 5) is 24.3. The molecule has 1 fully saturated rings. The number of hydrogen-bond acceptors (Lipinski definition) is 4. The largest absolute Gasteiger partial charge is 0.480 e. The molecule has 1 amide bonds. The van der Waals surface area contributed by atoms with Crippen LogP contribution in [-0.4, -0.2) is 60.8 Å². The van der Waals surface area contributed by atoms with Crippen molar-refractivity contribution in [2.75, 3.05) is 20.1 Å². The molecule has 0 aliphatic heterocycles. The van der Waals surface area contributed by atoms with Crippen LogP contribution < -0.4 is 0 Å². The predicted molar refractivity (Wildman–Crippen MR) is 83.6 cm³/mol. The summed E-state index contributed by atoms with van der Waals surface area (Å²) in [7, 11) is -2.55. The van der Waals surface area contributed by atoms with Gasteiger partial charge in [-0.1, -0.05) is 11.6 Å². The average Bonchev–Trinajstić information content (AvgIpc) is 3.29. The minimum atomic E-state index is -3.84. The first-order valence-electron chi connectivity index (χ1n) is 6.95. The Kier molecular flexibility index (Phi) is 5.28. The summed E-state index contributed by atoms with van der Waals surface area (Å²) in [5.41, 5.74) is 0. The third-order valence-electron chi connectivity index (χ3n) is 3.49. The second-order valence-corrected chi connectivity index (χ2v) is 7.84. The van der Waals surface area contributed by atoms with Crippen molar-refractivity contribution < 1.29 is 23.1 Å². The minimum absolute atomic E-state index is 0.0217. The molecule has 0 bridgehead atoms.